The molecule has 1 aliphatic heterocycles. The van der Waals surface area contributed by atoms with Crippen LogP contribution in [0.15, 0.2) is 71.6 Å². The molecule has 3 aromatic carbocycles. The van der Waals surface area contributed by atoms with Gasteiger partial charge in [0, 0.05) is 36.8 Å². The summed E-state index contributed by atoms with van der Waals surface area (Å²) in [5.41, 5.74) is 0.438. The molecular weight excluding hydrogens is 418 g/mol. The van der Waals surface area contributed by atoms with E-state index < -0.39 is 14.9 Å². The summed E-state index contributed by atoms with van der Waals surface area (Å²) >= 11 is 0. The minimum atomic E-state index is -3.74. The molecule has 0 bridgehead atoms. The highest BCUT2D eigenvalue weighted by Crippen LogP contribution is 2.24. The molecule has 3 aromatic rings. The number of nitrogens with one attached hydrogen (secondary N) is 1. The summed E-state index contributed by atoms with van der Waals surface area (Å²) in [7, 11) is -3.74. The lowest BCUT2D eigenvalue weighted by atomic mass is 10.0. The van der Waals surface area contributed by atoms with Crippen LogP contribution in [-0.4, -0.2) is 42.7 Å². The van der Waals surface area contributed by atoms with Crippen LogP contribution in [0.4, 0.5) is 5.69 Å². The number of fused-ring (bicyclic) bond motifs is 1. The van der Waals surface area contributed by atoms with Gasteiger partial charge in [-0.1, -0.05) is 36.4 Å². The van der Waals surface area contributed by atoms with Gasteiger partial charge in [-0.3, -0.25) is 14.9 Å². The molecule has 1 fully saturated rings. The normalized spacial score (nSPS) is 15.6. The number of nitro benzene ring substituents is 1. The quantitative estimate of drug-likeness (QED) is 0.484. The van der Waals surface area contributed by atoms with Crippen molar-refractivity contribution in [1.82, 2.24) is 9.62 Å². The summed E-state index contributed by atoms with van der Waals surface area (Å²) in [6.07, 6.45) is 0.978. The standard InChI is InChI=1S/C22H21N3O5S/c26-22(21-7-3-5-16-4-1-2-6-20(16)21)23-17-12-14-24(15-13-17)31(29,30)19-10-8-18(9-11-19)25(27)28/h1-11,17H,12-15H2,(H,23,26). The van der Waals surface area contributed by atoms with E-state index in [2.05, 4.69) is 5.32 Å². The van der Waals surface area contributed by atoms with Gasteiger partial charge in [0.15, 0.2) is 0 Å². The Morgan fingerprint density at radius 3 is 2.29 bits per heavy atom. The molecular formula is C22H21N3O5S. The zero-order chi connectivity index (χ0) is 22.0. The smallest absolute Gasteiger partial charge is 0.269 e. The van der Waals surface area contributed by atoms with E-state index in [1.165, 1.54) is 28.6 Å². The topological polar surface area (TPSA) is 110 Å². The number of carbonyl (C=O) groups is 1. The molecule has 1 N–H and O–H groups in total. The van der Waals surface area contributed by atoms with E-state index in [4.69, 9.17) is 0 Å². The number of rotatable bonds is 5. The van der Waals surface area contributed by atoms with Crippen molar-refractivity contribution in [2.24, 2.45) is 0 Å². The van der Waals surface area contributed by atoms with Crippen LogP contribution in [0, 0.1) is 10.1 Å². The van der Waals surface area contributed by atoms with Crippen molar-refractivity contribution in [1.29, 1.82) is 0 Å². The molecule has 0 radical (unpaired) electrons. The van der Waals surface area contributed by atoms with E-state index in [0.29, 0.717) is 18.4 Å². The first kappa shape index (κ1) is 21.0. The molecule has 31 heavy (non-hydrogen) atoms. The molecule has 0 saturated carbocycles. The summed E-state index contributed by atoms with van der Waals surface area (Å²) < 4.78 is 27.0. The number of sulfonamides is 1. The lowest BCUT2D eigenvalue weighted by Crippen LogP contribution is -2.46. The van der Waals surface area contributed by atoms with Gasteiger partial charge in [-0.15, -0.1) is 0 Å². The van der Waals surface area contributed by atoms with Crippen LogP contribution in [0.3, 0.4) is 0 Å². The molecule has 1 aliphatic rings. The number of piperidine rings is 1. The van der Waals surface area contributed by atoms with Crippen molar-refractivity contribution in [2.75, 3.05) is 13.1 Å². The Bertz CT molecular complexity index is 1230. The first-order valence-electron chi connectivity index (χ1n) is 9.89. The van der Waals surface area contributed by atoms with Gasteiger partial charge in [-0.25, -0.2) is 8.42 Å². The average Bonchev–Trinajstić information content (AvgIpc) is 2.79. The third kappa shape index (κ3) is 4.28. The van der Waals surface area contributed by atoms with E-state index in [9.17, 15) is 23.3 Å². The number of nitrogens with zero attached hydrogens (tertiary/aromatic N) is 2. The maximum Gasteiger partial charge on any atom is 0.269 e. The Morgan fingerprint density at radius 1 is 0.968 bits per heavy atom. The molecule has 0 spiro atoms. The molecule has 4 rings (SSSR count). The second-order valence-corrected chi connectivity index (χ2v) is 9.37. The second-order valence-electron chi connectivity index (χ2n) is 7.43. The highest BCUT2D eigenvalue weighted by Gasteiger charge is 2.30. The second kappa shape index (κ2) is 8.44. The summed E-state index contributed by atoms with van der Waals surface area (Å²) in [4.78, 5) is 23.0. The van der Waals surface area contributed by atoms with E-state index in [1.807, 2.05) is 36.4 Å². The van der Waals surface area contributed by atoms with Gasteiger partial charge in [0.25, 0.3) is 11.6 Å². The Hall–Kier alpha value is -3.30. The van der Waals surface area contributed by atoms with Crippen molar-refractivity contribution in [3.05, 3.63) is 82.4 Å². The van der Waals surface area contributed by atoms with Crippen LogP contribution in [0.5, 0.6) is 0 Å². The van der Waals surface area contributed by atoms with E-state index in [0.717, 1.165) is 10.8 Å². The van der Waals surface area contributed by atoms with Crippen molar-refractivity contribution >= 4 is 32.4 Å². The average molecular weight is 439 g/mol. The Kier molecular flexibility index (Phi) is 5.71. The van der Waals surface area contributed by atoms with E-state index in [-0.39, 0.29) is 35.6 Å². The number of carbonyl (C=O) groups excluding carboxylic acids is 1. The zero-order valence-corrected chi connectivity index (χ0v) is 17.4. The van der Waals surface area contributed by atoms with Gasteiger partial charge in [-0.05, 0) is 41.8 Å². The highest BCUT2D eigenvalue weighted by atomic mass is 32.2. The highest BCUT2D eigenvalue weighted by molar-refractivity contribution is 7.89. The van der Waals surface area contributed by atoms with Gasteiger partial charge in [0.1, 0.15) is 0 Å². The number of nitro groups is 1. The van der Waals surface area contributed by atoms with Gasteiger partial charge in [0.2, 0.25) is 10.0 Å². The minimum Gasteiger partial charge on any atom is -0.349 e. The molecule has 0 aliphatic carbocycles. The van der Waals surface area contributed by atoms with E-state index in [1.54, 1.807) is 6.07 Å². The number of non-ortho nitro benzene ring substituents is 1. The molecule has 0 unspecified atom stereocenters. The van der Waals surface area contributed by atoms with E-state index >= 15 is 0 Å². The fourth-order valence-corrected chi connectivity index (χ4v) is 5.29. The summed E-state index contributed by atoms with van der Waals surface area (Å²) in [5.74, 6) is -0.173. The summed E-state index contributed by atoms with van der Waals surface area (Å²) in [6.45, 7) is 0.527. The van der Waals surface area contributed by atoms with Crippen LogP contribution < -0.4 is 5.32 Å². The molecule has 0 aromatic heterocycles. The van der Waals surface area contributed by atoms with Crippen LogP contribution in [0.2, 0.25) is 0 Å². The largest absolute Gasteiger partial charge is 0.349 e. The first-order valence-corrected chi connectivity index (χ1v) is 11.3. The van der Waals surface area contributed by atoms with Crippen molar-refractivity contribution < 1.29 is 18.1 Å². The molecule has 1 saturated heterocycles. The first-order chi connectivity index (χ1) is 14.9. The predicted molar refractivity (Wildman–Crippen MR) is 116 cm³/mol. The Labute approximate surface area is 179 Å². The minimum absolute atomic E-state index is 0.0244. The summed E-state index contributed by atoms with van der Waals surface area (Å²) in [6, 6.07) is 18.0. The van der Waals surface area contributed by atoms with Gasteiger partial charge in [0.05, 0.1) is 9.82 Å². The third-order valence-electron chi connectivity index (χ3n) is 5.51. The number of hydrogen-bond donors (Lipinski definition) is 1. The van der Waals surface area contributed by atoms with Crippen molar-refractivity contribution in [3.63, 3.8) is 0 Å². The maximum atomic E-state index is 12.8. The fraction of sp³-hybridized carbons (Fsp3) is 0.227. The lowest BCUT2D eigenvalue weighted by Gasteiger charge is -2.31. The lowest BCUT2D eigenvalue weighted by molar-refractivity contribution is -0.384. The van der Waals surface area contributed by atoms with Crippen LogP contribution in [-0.2, 0) is 10.0 Å². The number of benzene rings is 3. The van der Waals surface area contributed by atoms with Crippen LogP contribution >= 0.6 is 0 Å². The number of amides is 1. The molecule has 1 amide bonds. The Morgan fingerprint density at radius 2 is 1.61 bits per heavy atom. The van der Waals surface area contributed by atoms with Crippen LogP contribution in [0.1, 0.15) is 23.2 Å². The molecule has 0 atom stereocenters. The third-order valence-corrected chi connectivity index (χ3v) is 7.42. The van der Waals surface area contributed by atoms with Crippen molar-refractivity contribution in [2.45, 2.75) is 23.8 Å². The van der Waals surface area contributed by atoms with Gasteiger partial charge < -0.3 is 5.32 Å². The maximum absolute atomic E-state index is 12.8. The summed E-state index contributed by atoms with van der Waals surface area (Å²) in [5, 5.41) is 15.7. The van der Waals surface area contributed by atoms with Gasteiger partial charge in [-0.2, -0.15) is 4.31 Å². The Balaban J connectivity index is 1.41. The molecule has 9 heteroatoms. The number of hydrogen-bond acceptors (Lipinski definition) is 5. The SMILES string of the molecule is O=C(NC1CCN(S(=O)(=O)c2ccc([N+](=O)[O-])cc2)CC1)c1cccc2ccccc12. The fourth-order valence-electron chi connectivity index (χ4n) is 3.82. The molecule has 8 nitrogen and oxygen atoms in total. The molecule has 160 valence electrons. The van der Waals surface area contributed by atoms with Crippen LogP contribution in [0.25, 0.3) is 10.8 Å². The predicted octanol–water partition coefficient (Wildman–Crippen LogP) is 3.33. The van der Waals surface area contributed by atoms with Crippen molar-refractivity contribution in [3.8, 4) is 0 Å². The monoisotopic (exact) mass is 439 g/mol. The zero-order valence-electron chi connectivity index (χ0n) is 16.6. The van der Waals surface area contributed by atoms with Gasteiger partial charge >= 0.3 is 0 Å². The molecule has 1 heterocycles.